The molecule has 2 aliphatic heterocycles. The summed E-state index contributed by atoms with van der Waals surface area (Å²) >= 11 is 6.25. The molecule has 5 rings (SSSR count). The van der Waals surface area contributed by atoms with Crippen LogP contribution >= 0.6 is 11.6 Å². The number of piperidine rings is 1. The lowest BCUT2D eigenvalue weighted by Gasteiger charge is -2.36. The molecule has 2 heterocycles. The molecule has 1 fully saturated rings. The van der Waals surface area contributed by atoms with Crippen molar-refractivity contribution >= 4 is 35.0 Å². The normalized spacial score (nSPS) is 20.2. The van der Waals surface area contributed by atoms with Crippen LogP contribution in [0.2, 0.25) is 5.02 Å². The van der Waals surface area contributed by atoms with Gasteiger partial charge < -0.3 is 25.7 Å². The number of anilines is 1. The van der Waals surface area contributed by atoms with Gasteiger partial charge in [-0.05, 0) is 56.5 Å². The van der Waals surface area contributed by atoms with E-state index < -0.39 is 0 Å². The second kappa shape index (κ2) is 10.4. The SMILES string of the molecule is CC1CCc2c(ccc(C(C=N)=C[NH2+]C3CCNCC3)c2Oc2cccc(Cl)c2)N1C(=O)C1=CC1. The van der Waals surface area contributed by atoms with Crippen LogP contribution in [-0.4, -0.2) is 37.3 Å². The van der Waals surface area contributed by atoms with Gasteiger partial charge in [0.1, 0.15) is 17.7 Å². The van der Waals surface area contributed by atoms with Crippen molar-refractivity contribution in [3.63, 3.8) is 0 Å². The third-order valence-corrected chi connectivity index (χ3v) is 7.30. The highest BCUT2D eigenvalue weighted by Crippen LogP contribution is 2.44. The fourth-order valence-electron chi connectivity index (χ4n) is 4.98. The summed E-state index contributed by atoms with van der Waals surface area (Å²) in [4.78, 5) is 15.1. The Morgan fingerprint density at radius 3 is 2.74 bits per heavy atom. The van der Waals surface area contributed by atoms with E-state index in [1.54, 1.807) is 6.07 Å². The van der Waals surface area contributed by atoms with Gasteiger partial charge in [0.2, 0.25) is 0 Å². The van der Waals surface area contributed by atoms with Crippen LogP contribution in [0.1, 0.15) is 43.7 Å². The summed E-state index contributed by atoms with van der Waals surface area (Å²) in [5.41, 5.74) is 4.43. The standard InChI is InChI=1S/C28H31ClN4O2/c1-18-5-8-25-26(33(18)28(34)19-6-7-19)10-9-24(27(25)35-23-4-2-3-21(29)15-23)20(16-30)17-32-22-11-13-31-14-12-22/h2-4,6,9-10,15-18,22,30-32H,5,7-8,11-14H2,1H3/p+1. The predicted octanol–water partition coefficient (Wildman–Crippen LogP) is 4.44. The molecule has 1 saturated heterocycles. The molecular formula is C28H32ClN4O2+. The molecule has 0 spiro atoms. The van der Waals surface area contributed by atoms with E-state index in [-0.39, 0.29) is 11.9 Å². The highest BCUT2D eigenvalue weighted by atomic mass is 35.5. The minimum Gasteiger partial charge on any atom is -0.456 e. The molecule has 1 atom stereocenters. The molecule has 6 nitrogen and oxygen atoms in total. The first kappa shape index (κ1) is 23.8. The maximum Gasteiger partial charge on any atom is 0.254 e. The number of nitrogens with two attached hydrogens (primary N) is 1. The van der Waals surface area contributed by atoms with E-state index in [1.807, 2.05) is 41.3 Å². The lowest BCUT2D eigenvalue weighted by atomic mass is 9.91. The minimum atomic E-state index is 0.0852. The highest BCUT2D eigenvalue weighted by molar-refractivity contribution is 6.30. The molecule has 7 heteroatoms. The number of rotatable bonds is 7. The largest absolute Gasteiger partial charge is 0.456 e. The number of carbonyl (C=O) groups excluding carboxylic acids is 1. The van der Waals surface area contributed by atoms with Gasteiger partial charge in [0.25, 0.3) is 5.91 Å². The Morgan fingerprint density at radius 1 is 1.23 bits per heavy atom. The molecule has 2 aromatic carbocycles. The first-order valence-corrected chi connectivity index (χ1v) is 12.8. The third-order valence-electron chi connectivity index (χ3n) is 7.06. The fourth-order valence-corrected chi connectivity index (χ4v) is 5.16. The number of allylic oxidation sites excluding steroid dienone is 2. The molecule has 0 radical (unpaired) electrons. The number of quaternary nitrogens is 1. The van der Waals surface area contributed by atoms with Gasteiger partial charge in [-0.25, -0.2) is 0 Å². The van der Waals surface area contributed by atoms with E-state index in [1.165, 1.54) is 6.21 Å². The van der Waals surface area contributed by atoms with Crippen LogP contribution < -0.4 is 20.3 Å². The van der Waals surface area contributed by atoms with E-state index in [9.17, 15) is 4.79 Å². The monoisotopic (exact) mass is 491 g/mol. The first-order valence-electron chi connectivity index (χ1n) is 12.4. The Bertz CT molecular complexity index is 1200. The van der Waals surface area contributed by atoms with E-state index >= 15 is 0 Å². The quantitative estimate of drug-likeness (QED) is 0.501. The summed E-state index contributed by atoms with van der Waals surface area (Å²) in [5.74, 6) is 1.43. The van der Waals surface area contributed by atoms with Crippen molar-refractivity contribution in [1.29, 1.82) is 5.41 Å². The molecule has 0 bridgehead atoms. The first-order chi connectivity index (χ1) is 17.0. The zero-order valence-electron chi connectivity index (χ0n) is 20.0. The predicted molar refractivity (Wildman–Crippen MR) is 141 cm³/mol. The molecule has 1 aliphatic carbocycles. The van der Waals surface area contributed by atoms with E-state index in [4.69, 9.17) is 21.7 Å². The van der Waals surface area contributed by atoms with Gasteiger partial charge in [0.15, 0.2) is 0 Å². The number of ether oxygens (including phenoxy) is 1. The summed E-state index contributed by atoms with van der Waals surface area (Å²) < 4.78 is 6.50. The molecule has 1 unspecified atom stereocenters. The summed E-state index contributed by atoms with van der Waals surface area (Å²) in [6.45, 7) is 4.15. The van der Waals surface area contributed by atoms with Crippen LogP contribution in [0.25, 0.3) is 5.57 Å². The van der Waals surface area contributed by atoms with Crippen molar-refractivity contribution in [2.45, 2.75) is 51.1 Å². The maximum absolute atomic E-state index is 13.1. The van der Waals surface area contributed by atoms with Gasteiger partial charge in [-0.1, -0.05) is 23.7 Å². The molecular weight excluding hydrogens is 460 g/mol. The topological polar surface area (TPSA) is 82.0 Å². The average Bonchev–Trinajstić information content (AvgIpc) is 3.71. The van der Waals surface area contributed by atoms with Gasteiger partial charge in [-0.2, -0.15) is 0 Å². The second-order valence-corrected chi connectivity index (χ2v) is 9.98. The van der Waals surface area contributed by atoms with Crippen LogP contribution in [0.4, 0.5) is 5.69 Å². The van der Waals surface area contributed by atoms with E-state index in [2.05, 4.69) is 23.8 Å². The van der Waals surface area contributed by atoms with Crippen molar-refractivity contribution in [2.75, 3.05) is 18.0 Å². The maximum atomic E-state index is 13.1. The zero-order valence-corrected chi connectivity index (χ0v) is 20.8. The van der Waals surface area contributed by atoms with Gasteiger partial charge >= 0.3 is 0 Å². The second-order valence-electron chi connectivity index (χ2n) is 9.54. The lowest BCUT2D eigenvalue weighted by Crippen LogP contribution is -2.86. The average molecular weight is 492 g/mol. The number of amides is 1. The smallest absolute Gasteiger partial charge is 0.254 e. The summed E-state index contributed by atoms with van der Waals surface area (Å²) in [6, 6.07) is 12.0. The van der Waals surface area contributed by atoms with Crippen LogP contribution in [-0.2, 0) is 11.2 Å². The van der Waals surface area contributed by atoms with Crippen molar-refractivity contribution in [2.24, 2.45) is 0 Å². The number of nitrogens with zero attached hydrogens (tertiary/aromatic N) is 1. The minimum absolute atomic E-state index is 0.0852. The summed E-state index contributed by atoms with van der Waals surface area (Å²) in [7, 11) is 0. The molecule has 35 heavy (non-hydrogen) atoms. The van der Waals surface area contributed by atoms with Crippen LogP contribution in [0.15, 0.2) is 54.2 Å². The van der Waals surface area contributed by atoms with Crippen LogP contribution in [0.5, 0.6) is 11.5 Å². The summed E-state index contributed by atoms with van der Waals surface area (Å²) in [5, 5.41) is 14.4. The van der Waals surface area contributed by atoms with Crippen LogP contribution in [0, 0.1) is 5.41 Å². The Balaban J connectivity index is 1.57. The highest BCUT2D eigenvalue weighted by Gasteiger charge is 2.34. The Hall–Kier alpha value is -2.93. The number of carbonyl (C=O) groups is 1. The Labute approximate surface area is 211 Å². The van der Waals surface area contributed by atoms with Crippen molar-refractivity contribution in [3.8, 4) is 11.5 Å². The number of hydrogen-bond donors (Lipinski definition) is 3. The molecule has 0 saturated carbocycles. The molecule has 0 aromatic heterocycles. The lowest BCUT2D eigenvalue weighted by molar-refractivity contribution is -0.627. The van der Waals surface area contributed by atoms with Gasteiger partial charge in [-0.15, -0.1) is 0 Å². The Kier molecular flexibility index (Phi) is 7.04. The van der Waals surface area contributed by atoms with Gasteiger partial charge in [0.05, 0.1) is 17.3 Å². The number of hydrogen-bond acceptors (Lipinski definition) is 4. The van der Waals surface area contributed by atoms with Crippen LogP contribution in [0.3, 0.4) is 0 Å². The Morgan fingerprint density at radius 2 is 2.03 bits per heavy atom. The van der Waals surface area contributed by atoms with Gasteiger partial charge in [0, 0.05) is 59.9 Å². The molecule has 1 amide bonds. The fraction of sp³-hybridized carbons (Fsp3) is 0.357. The molecule has 4 N–H and O–H groups in total. The van der Waals surface area contributed by atoms with Crippen molar-refractivity contribution < 1.29 is 14.8 Å². The zero-order chi connectivity index (χ0) is 24.4. The molecule has 3 aliphatic rings. The molecule has 182 valence electrons. The van der Waals surface area contributed by atoms with E-state index in [0.29, 0.717) is 22.6 Å². The summed E-state index contributed by atoms with van der Waals surface area (Å²) in [6.07, 6.45) is 10.1. The third kappa shape index (κ3) is 5.20. The molecule has 2 aromatic rings. The number of fused-ring (bicyclic) bond motifs is 1. The van der Waals surface area contributed by atoms with E-state index in [0.717, 1.165) is 73.2 Å². The number of nitrogens with one attached hydrogen (secondary N) is 2. The van der Waals surface area contributed by atoms with Crippen molar-refractivity contribution in [1.82, 2.24) is 5.32 Å². The number of halogens is 1. The van der Waals surface area contributed by atoms with Crippen molar-refractivity contribution in [3.05, 3.63) is 70.4 Å². The number of benzene rings is 2. The van der Waals surface area contributed by atoms with Gasteiger partial charge in [-0.3, -0.25) is 4.79 Å².